The minimum absolute atomic E-state index is 0.0138. The number of halogens is 4. The van der Waals surface area contributed by atoms with Gasteiger partial charge in [0.2, 0.25) is 5.91 Å². The van der Waals surface area contributed by atoms with E-state index in [1.165, 1.54) is 0 Å². The van der Waals surface area contributed by atoms with E-state index in [0.717, 1.165) is 11.8 Å². The molecule has 202 valence electrons. The van der Waals surface area contributed by atoms with Crippen LogP contribution in [0.15, 0.2) is 35.4 Å². The maximum atomic E-state index is 14.3. The second kappa shape index (κ2) is 13.1. The Morgan fingerprint density at radius 2 is 1.82 bits per heavy atom. The summed E-state index contributed by atoms with van der Waals surface area (Å²) in [6.07, 6.45) is -5.50. The normalized spacial score (nSPS) is 17.8. The summed E-state index contributed by atoms with van der Waals surface area (Å²) in [5, 5.41) is 26.3. The lowest BCUT2D eigenvalue weighted by atomic mass is 9.99. The fraction of sp³-hybridized carbons (Fsp3) is 0.375. The van der Waals surface area contributed by atoms with Crippen molar-refractivity contribution in [3.05, 3.63) is 52.6 Å². The number of carboxylic acid groups (broad SMARTS) is 1. The van der Waals surface area contributed by atoms with Gasteiger partial charge in [-0.2, -0.15) is 23.7 Å². The number of piperidine rings is 1. The van der Waals surface area contributed by atoms with Crippen LogP contribution in [0.25, 0.3) is 0 Å². The smallest absolute Gasteiger partial charge is 0.475 e. The summed E-state index contributed by atoms with van der Waals surface area (Å²) in [6.45, 7) is 2.29. The molecule has 2 aromatic rings. The van der Waals surface area contributed by atoms with E-state index in [1.54, 1.807) is 29.2 Å². The predicted octanol–water partition coefficient (Wildman–Crippen LogP) is 3.21. The number of aliphatic carboxylic acids is 1. The molecule has 1 saturated heterocycles. The number of nitrogens with two attached hydrogens (primary N) is 2. The van der Waals surface area contributed by atoms with Crippen LogP contribution in [0.4, 0.5) is 23.4 Å². The number of rotatable bonds is 6. The number of benzene rings is 1. The molecule has 0 spiro atoms. The molecule has 9 nitrogen and oxygen atoms in total. The summed E-state index contributed by atoms with van der Waals surface area (Å²) in [7, 11) is 0. The summed E-state index contributed by atoms with van der Waals surface area (Å²) < 4.78 is 46.1. The molecule has 14 heteroatoms. The van der Waals surface area contributed by atoms with E-state index in [2.05, 4.69) is 17.1 Å². The van der Waals surface area contributed by atoms with Crippen molar-refractivity contribution in [1.29, 1.82) is 10.5 Å². The van der Waals surface area contributed by atoms with E-state index in [9.17, 15) is 32.9 Å². The molecule has 3 atom stereocenters. The zero-order valence-corrected chi connectivity index (χ0v) is 20.9. The van der Waals surface area contributed by atoms with Crippen LogP contribution in [0.3, 0.4) is 0 Å². The van der Waals surface area contributed by atoms with E-state index in [-0.39, 0.29) is 17.7 Å². The highest BCUT2D eigenvalue weighted by Gasteiger charge is 2.38. The highest BCUT2D eigenvalue weighted by Crippen LogP contribution is 2.40. The number of nitrogens with zero attached hydrogens (tertiary/aromatic N) is 4. The summed E-state index contributed by atoms with van der Waals surface area (Å²) in [5.74, 6) is -3.02. The van der Waals surface area contributed by atoms with Gasteiger partial charge in [-0.3, -0.25) is 4.79 Å². The number of carbonyl (C=O) groups is 2. The van der Waals surface area contributed by atoms with Crippen molar-refractivity contribution in [2.75, 3.05) is 18.0 Å². The van der Waals surface area contributed by atoms with Crippen molar-refractivity contribution < 1.29 is 32.3 Å². The summed E-state index contributed by atoms with van der Waals surface area (Å²) >= 11 is 1.07. The average Bonchev–Trinajstić information content (AvgIpc) is 2.87. The first kappa shape index (κ1) is 30.3. The number of anilines is 1. The molecule has 1 aliphatic heterocycles. The van der Waals surface area contributed by atoms with Gasteiger partial charge in [0.05, 0.1) is 17.7 Å². The molecule has 1 fully saturated rings. The van der Waals surface area contributed by atoms with Crippen LogP contribution in [-0.2, 0) is 16.0 Å². The number of primary amides is 1. The topological polar surface area (TPSA) is 170 Å². The van der Waals surface area contributed by atoms with E-state index >= 15 is 0 Å². The molecule has 3 rings (SSSR count). The number of aromatic nitrogens is 1. The van der Waals surface area contributed by atoms with E-state index in [0.29, 0.717) is 41.4 Å². The van der Waals surface area contributed by atoms with Crippen LogP contribution >= 0.6 is 11.8 Å². The van der Waals surface area contributed by atoms with Crippen molar-refractivity contribution in [3.63, 3.8) is 0 Å². The zero-order chi connectivity index (χ0) is 28.6. The fourth-order valence-electron chi connectivity index (χ4n) is 3.64. The molecule has 38 heavy (non-hydrogen) atoms. The van der Waals surface area contributed by atoms with Crippen LogP contribution in [0.5, 0.6) is 0 Å². The Hall–Kier alpha value is -3.88. The van der Waals surface area contributed by atoms with E-state index < -0.39 is 35.5 Å². The molecule has 2 heterocycles. The lowest BCUT2D eigenvalue weighted by Crippen LogP contribution is -2.49. The monoisotopic (exact) mass is 552 g/mol. The molecule has 0 radical (unpaired) electrons. The first-order chi connectivity index (χ1) is 17.8. The van der Waals surface area contributed by atoms with Crippen LogP contribution in [0.2, 0.25) is 0 Å². The van der Waals surface area contributed by atoms with E-state index in [1.807, 2.05) is 13.0 Å². The van der Waals surface area contributed by atoms with E-state index in [4.69, 9.17) is 21.4 Å². The number of carbonyl (C=O) groups excluding carboxylic acids is 1. The van der Waals surface area contributed by atoms with Gasteiger partial charge in [0, 0.05) is 12.6 Å². The molecule has 1 amide bonds. The fourth-order valence-corrected chi connectivity index (χ4v) is 4.70. The minimum Gasteiger partial charge on any atom is -0.475 e. The highest BCUT2D eigenvalue weighted by molar-refractivity contribution is 8.00. The molecule has 0 unspecified atom stereocenters. The first-order valence-electron chi connectivity index (χ1n) is 11.2. The number of amides is 1. The summed E-state index contributed by atoms with van der Waals surface area (Å²) in [6, 6.07) is 12.7. The molecular formula is C24H24F4N6O3S. The zero-order valence-electron chi connectivity index (χ0n) is 20.1. The van der Waals surface area contributed by atoms with Gasteiger partial charge in [0.1, 0.15) is 34.4 Å². The van der Waals surface area contributed by atoms with Gasteiger partial charge in [-0.25, -0.2) is 14.2 Å². The molecular weight excluding hydrogens is 528 g/mol. The SMILES string of the molecule is CCc1c(C#N)c(S[C@@H](C(N)=O)c2ccccc2)nc(N2CC[C@@H](N)[C@H](F)C2)c1C#N.O=C(O)C(F)(F)F. The number of hydrogen-bond donors (Lipinski definition) is 3. The van der Waals surface area contributed by atoms with Gasteiger partial charge in [0.25, 0.3) is 0 Å². The van der Waals surface area contributed by atoms with Gasteiger partial charge in [-0.1, -0.05) is 49.0 Å². The van der Waals surface area contributed by atoms with Gasteiger partial charge >= 0.3 is 12.1 Å². The lowest BCUT2D eigenvalue weighted by Gasteiger charge is -2.34. The number of thioether (sulfide) groups is 1. The number of carboxylic acids is 1. The Labute approximate surface area is 220 Å². The van der Waals surface area contributed by atoms with Crippen molar-refractivity contribution in [2.24, 2.45) is 11.5 Å². The third-order valence-electron chi connectivity index (χ3n) is 5.55. The average molecular weight is 553 g/mol. The summed E-state index contributed by atoms with van der Waals surface area (Å²) in [4.78, 5) is 27.4. The lowest BCUT2D eigenvalue weighted by molar-refractivity contribution is -0.192. The highest BCUT2D eigenvalue weighted by atomic mass is 32.2. The second-order valence-electron chi connectivity index (χ2n) is 8.07. The van der Waals surface area contributed by atoms with Gasteiger partial charge in [-0.15, -0.1) is 0 Å². The largest absolute Gasteiger partial charge is 0.490 e. The maximum absolute atomic E-state index is 14.3. The van der Waals surface area contributed by atoms with Crippen LogP contribution < -0.4 is 16.4 Å². The van der Waals surface area contributed by atoms with Gasteiger partial charge in [-0.05, 0) is 24.0 Å². The molecule has 1 aromatic heterocycles. The molecule has 1 aromatic carbocycles. The standard InChI is InChI=1S/C22H23FN6OS.C2HF3O2/c1-2-14-15(10-24)21(29-9-8-18(26)17(23)12-29)28-22(16(14)11-25)31-19(20(27)30)13-6-4-3-5-7-13;3-2(4,5)1(6)7/h3-7,17-19H,2,8-9,12,26H2,1H3,(H2,27,30);(H,6,7)/t17-,18-,19-;/m1./s1. The van der Waals surface area contributed by atoms with Crippen molar-refractivity contribution in [2.45, 2.75) is 48.4 Å². The van der Waals surface area contributed by atoms with Crippen LogP contribution in [0.1, 0.15) is 40.8 Å². The second-order valence-corrected chi connectivity index (χ2v) is 9.17. The molecule has 5 N–H and O–H groups in total. The Morgan fingerprint density at radius 1 is 1.24 bits per heavy atom. The van der Waals surface area contributed by atoms with Crippen LogP contribution in [0, 0.1) is 22.7 Å². The first-order valence-corrected chi connectivity index (χ1v) is 12.1. The summed E-state index contributed by atoms with van der Waals surface area (Å²) in [5.41, 5.74) is 13.1. The van der Waals surface area contributed by atoms with Gasteiger partial charge < -0.3 is 21.5 Å². The quantitative estimate of drug-likeness (QED) is 0.360. The molecule has 0 bridgehead atoms. The maximum Gasteiger partial charge on any atom is 0.490 e. The van der Waals surface area contributed by atoms with Crippen molar-refractivity contribution >= 4 is 29.5 Å². The Balaban J connectivity index is 0.000000638. The molecule has 1 aliphatic rings. The Bertz CT molecular complexity index is 1250. The van der Waals surface area contributed by atoms with Crippen LogP contribution in [-0.4, -0.2) is 53.4 Å². The third-order valence-corrected chi connectivity index (χ3v) is 6.81. The Kier molecular flexibility index (Phi) is 10.4. The molecule has 0 aliphatic carbocycles. The number of nitriles is 2. The van der Waals surface area contributed by atoms with Crippen molar-refractivity contribution in [3.8, 4) is 12.1 Å². The minimum atomic E-state index is -5.08. The number of hydrogen-bond acceptors (Lipinski definition) is 8. The molecule has 0 saturated carbocycles. The third kappa shape index (κ3) is 7.34. The Morgan fingerprint density at radius 3 is 2.26 bits per heavy atom. The number of alkyl halides is 4. The number of pyridine rings is 1. The predicted molar refractivity (Wildman–Crippen MR) is 131 cm³/mol. The van der Waals surface area contributed by atoms with Crippen molar-refractivity contribution in [1.82, 2.24) is 4.98 Å². The van der Waals surface area contributed by atoms with Gasteiger partial charge in [0.15, 0.2) is 0 Å².